The molecule has 0 aliphatic carbocycles. The molecular formula is C34H27N3O7S2. The van der Waals surface area contributed by atoms with Crippen molar-refractivity contribution in [1.82, 2.24) is 4.98 Å². The first-order valence-corrected chi connectivity index (χ1v) is 16.0. The summed E-state index contributed by atoms with van der Waals surface area (Å²) in [6, 6.07) is 25.5. The molecule has 1 fully saturated rings. The number of nitrogens with zero attached hydrogens (tertiary/aromatic N) is 1. The van der Waals surface area contributed by atoms with Crippen molar-refractivity contribution < 1.29 is 28.6 Å². The Labute approximate surface area is 271 Å². The van der Waals surface area contributed by atoms with Gasteiger partial charge in [-0.15, -0.1) is 0 Å². The maximum Gasteiger partial charge on any atom is 0.305 e. The summed E-state index contributed by atoms with van der Waals surface area (Å²) in [5, 5.41) is 4.77. The Morgan fingerprint density at radius 2 is 1.65 bits per heavy atom. The molecule has 4 aromatic carbocycles. The molecular weight excluding hydrogens is 627 g/mol. The molecule has 2 aliphatic heterocycles. The average Bonchev–Trinajstić information content (AvgIpc) is 3.57. The number of rotatable bonds is 8. The third kappa shape index (κ3) is 5.29. The lowest BCUT2D eigenvalue weighted by atomic mass is 9.83. The second kappa shape index (κ2) is 12.0. The van der Waals surface area contributed by atoms with Crippen LogP contribution in [-0.2, 0) is 14.4 Å². The molecule has 3 heterocycles. The number of aromatic nitrogens is 1. The van der Waals surface area contributed by atoms with Crippen LogP contribution in [-0.4, -0.2) is 48.8 Å². The number of carbonyl (C=O) groups is 3. The molecule has 46 heavy (non-hydrogen) atoms. The molecule has 2 aliphatic rings. The topological polar surface area (TPSA) is 127 Å². The average molecular weight is 654 g/mol. The van der Waals surface area contributed by atoms with Crippen molar-refractivity contribution in [3.63, 3.8) is 0 Å². The van der Waals surface area contributed by atoms with Gasteiger partial charge in [-0.1, -0.05) is 59.5 Å². The third-order valence-corrected chi connectivity index (χ3v) is 10.5. The number of H-pyrrole nitrogens is 1. The molecule has 232 valence electrons. The molecule has 12 heteroatoms. The highest BCUT2D eigenvalue weighted by molar-refractivity contribution is 8.00. The molecule has 7 rings (SSSR count). The Balaban J connectivity index is 1.15. The van der Waals surface area contributed by atoms with E-state index in [4.69, 9.17) is 14.2 Å². The van der Waals surface area contributed by atoms with E-state index in [0.717, 1.165) is 22.1 Å². The minimum atomic E-state index is -0.761. The number of benzene rings is 4. The third-order valence-electron chi connectivity index (χ3n) is 8.09. The van der Waals surface area contributed by atoms with Gasteiger partial charge in [-0.05, 0) is 64.9 Å². The molecule has 0 radical (unpaired) electrons. The number of nitrogens with one attached hydrogen (secondary N) is 2. The number of fused-ring (bicyclic) bond motifs is 3. The molecule has 0 spiro atoms. The molecule has 1 saturated heterocycles. The number of hydrogen-bond donors (Lipinski definition) is 2. The van der Waals surface area contributed by atoms with Gasteiger partial charge in [0, 0.05) is 16.5 Å². The van der Waals surface area contributed by atoms with E-state index >= 15 is 0 Å². The fourth-order valence-electron chi connectivity index (χ4n) is 5.97. The highest BCUT2D eigenvalue weighted by Gasteiger charge is 2.56. The second-order valence-electron chi connectivity index (χ2n) is 10.8. The Bertz CT molecular complexity index is 2060. The number of imide groups is 1. The quantitative estimate of drug-likeness (QED) is 0.213. The standard InChI is InChI=1S/C34H27N3O7S2/c1-42-23-12-10-22(11-13-23)37-32(39)28-27(29-31(36-34(41)46-29)45-30(28)33(37)40)20-8-14-24(25(16-20)43-2)44-17-26(38)35-21-9-7-18-5-3-4-6-19(18)15-21/h3-16,27-28,30H,17H2,1-2H3,(H,35,38)(H,36,41)/t27-,28?,30?/m1/s1. The number of hydrogen-bond acceptors (Lipinski definition) is 9. The zero-order valence-electron chi connectivity index (χ0n) is 24.6. The smallest absolute Gasteiger partial charge is 0.305 e. The summed E-state index contributed by atoms with van der Waals surface area (Å²) >= 11 is 2.23. The van der Waals surface area contributed by atoms with Crippen LogP contribution in [0.1, 0.15) is 16.4 Å². The SMILES string of the molecule is COc1ccc(N2C(=O)C3Sc4[nH]c(=O)sc4[C@H](c4ccc(OCC(=O)Nc5ccc6ccccc6c5)c(OC)c4)C3C2=O)cc1. The van der Waals surface area contributed by atoms with Gasteiger partial charge in [0.1, 0.15) is 11.0 Å². The number of methoxy groups -OCH3 is 2. The van der Waals surface area contributed by atoms with Crippen molar-refractivity contribution in [1.29, 1.82) is 0 Å². The number of carbonyl (C=O) groups excluding carboxylic acids is 3. The van der Waals surface area contributed by atoms with Crippen molar-refractivity contribution in [2.45, 2.75) is 16.2 Å². The lowest BCUT2D eigenvalue weighted by Crippen LogP contribution is -2.32. The van der Waals surface area contributed by atoms with Gasteiger partial charge in [-0.3, -0.25) is 19.2 Å². The first kappa shape index (κ1) is 29.6. The summed E-state index contributed by atoms with van der Waals surface area (Å²) < 4.78 is 16.7. The van der Waals surface area contributed by atoms with Crippen LogP contribution in [0.3, 0.4) is 0 Å². The second-order valence-corrected chi connectivity index (χ2v) is 12.9. The lowest BCUT2D eigenvalue weighted by Gasteiger charge is -2.30. The van der Waals surface area contributed by atoms with E-state index < -0.39 is 17.1 Å². The molecule has 0 saturated carbocycles. The van der Waals surface area contributed by atoms with Crippen molar-refractivity contribution in [3.8, 4) is 17.2 Å². The summed E-state index contributed by atoms with van der Waals surface area (Å²) in [7, 11) is 3.03. The number of thiazole rings is 1. The zero-order chi connectivity index (χ0) is 31.9. The predicted octanol–water partition coefficient (Wildman–Crippen LogP) is 5.42. The fourth-order valence-corrected chi connectivity index (χ4v) is 8.48. The first-order chi connectivity index (χ1) is 22.3. The van der Waals surface area contributed by atoms with Crippen molar-refractivity contribution in [2.24, 2.45) is 5.92 Å². The molecule has 0 bridgehead atoms. The van der Waals surface area contributed by atoms with Crippen molar-refractivity contribution >= 4 is 63.0 Å². The van der Waals surface area contributed by atoms with Crippen LogP contribution < -0.4 is 29.3 Å². The van der Waals surface area contributed by atoms with E-state index in [0.29, 0.717) is 44.1 Å². The van der Waals surface area contributed by atoms with Gasteiger partial charge >= 0.3 is 4.87 Å². The largest absolute Gasteiger partial charge is 0.497 e. The van der Waals surface area contributed by atoms with Crippen LogP contribution in [0, 0.1) is 5.92 Å². The van der Waals surface area contributed by atoms with Crippen LogP contribution in [0.5, 0.6) is 17.2 Å². The van der Waals surface area contributed by atoms with E-state index in [1.807, 2.05) is 42.5 Å². The minimum Gasteiger partial charge on any atom is -0.497 e. The van der Waals surface area contributed by atoms with Gasteiger partial charge < -0.3 is 24.5 Å². The summed E-state index contributed by atoms with van der Waals surface area (Å²) in [4.78, 5) is 57.4. The summed E-state index contributed by atoms with van der Waals surface area (Å²) in [5.74, 6) is -1.12. The number of ether oxygens (including phenoxy) is 3. The van der Waals surface area contributed by atoms with Crippen molar-refractivity contribution in [3.05, 3.63) is 105 Å². The van der Waals surface area contributed by atoms with Gasteiger partial charge in [-0.25, -0.2) is 4.90 Å². The van der Waals surface area contributed by atoms with E-state index in [9.17, 15) is 19.2 Å². The van der Waals surface area contributed by atoms with Crippen LogP contribution in [0.2, 0.25) is 0 Å². The van der Waals surface area contributed by atoms with Gasteiger partial charge in [0.25, 0.3) is 5.91 Å². The lowest BCUT2D eigenvalue weighted by molar-refractivity contribution is -0.122. The highest BCUT2D eigenvalue weighted by Crippen LogP contribution is 2.53. The van der Waals surface area contributed by atoms with E-state index in [2.05, 4.69) is 10.3 Å². The summed E-state index contributed by atoms with van der Waals surface area (Å²) in [6.07, 6.45) is 0. The molecule has 3 amide bonds. The highest BCUT2D eigenvalue weighted by atomic mass is 32.2. The molecule has 5 aromatic rings. The molecule has 2 N–H and O–H groups in total. The van der Waals surface area contributed by atoms with Gasteiger partial charge in [0.2, 0.25) is 11.8 Å². The van der Waals surface area contributed by atoms with Crippen LogP contribution in [0.4, 0.5) is 11.4 Å². The van der Waals surface area contributed by atoms with Gasteiger partial charge in [0.15, 0.2) is 18.1 Å². The minimum absolute atomic E-state index is 0.263. The maximum atomic E-state index is 14.0. The molecule has 2 unspecified atom stereocenters. The van der Waals surface area contributed by atoms with Gasteiger partial charge in [0.05, 0.1) is 30.9 Å². The van der Waals surface area contributed by atoms with E-state index in [1.165, 1.54) is 23.8 Å². The van der Waals surface area contributed by atoms with E-state index in [1.54, 1.807) is 49.6 Å². The molecule has 3 atom stereocenters. The van der Waals surface area contributed by atoms with E-state index in [-0.39, 0.29) is 29.2 Å². The Hall–Kier alpha value is -5.07. The Morgan fingerprint density at radius 1 is 0.870 bits per heavy atom. The van der Waals surface area contributed by atoms with Crippen molar-refractivity contribution in [2.75, 3.05) is 31.0 Å². The zero-order valence-corrected chi connectivity index (χ0v) is 26.3. The molecule has 1 aromatic heterocycles. The number of anilines is 2. The molecule has 10 nitrogen and oxygen atoms in total. The van der Waals surface area contributed by atoms with Crippen LogP contribution >= 0.6 is 23.1 Å². The monoisotopic (exact) mass is 653 g/mol. The van der Waals surface area contributed by atoms with Gasteiger partial charge in [-0.2, -0.15) is 0 Å². The van der Waals surface area contributed by atoms with Crippen LogP contribution in [0.15, 0.2) is 94.7 Å². The van der Waals surface area contributed by atoms with Crippen LogP contribution in [0.25, 0.3) is 10.8 Å². The number of amides is 3. The number of thioether (sulfide) groups is 1. The summed E-state index contributed by atoms with van der Waals surface area (Å²) in [5.41, 5.74) is 1.78. The summed E-state index contributed by atoms with van der Waals surface area (Å²) in [6.45, 7) is -0.263. The first-order valence-electron chi connectivity index (χ1n) is 14.4. The Morgan fingerprint density at radius 3 is 2.41 bits per heavy atom. The maximum absolute atomic E-state index is 14.0. The normalized spacial score (nSPS) is 18.7. The number of aromatic amines is 1. The Kier molecular flexibility index (Phi) is 7.75. The predicted molar refractivity (Wildman–Crippen MR) is 176 cm³/mol. The fraction of sp³-hybridized carbons (Fsp3) is 0.176.